The second-order valence-electron chi connectivity index (χ2n) is 3.72. The van der Waals surface area contributed by atoms with Gasteiger partial charge in [0.1, 0.15) is 11.7 Å². The van der Waals surface area contributed by atoms with Gasteiger partial charge in [0.25, 0.3) is 5.91 Å². The average molecular weight is 228 g/mol. The lowest BCUT2D eigenvalue weighted by Gasteiger charge is -2.06. The van der Waals surface area contributed by atoms with Crippen molar-refractivity contribution >= 4 is 12.0 Å². The van der Waals surface area contributed by atoms with Gasteiger partial charge >= 0.3 is 0 Å². The molecule has 2 rings (SSSR count). The molecule has 0 saturated carbocycles. The van der Waals surface area contributed by atoms with E-state index < -0.39 is 0 Å². The highest BCUT2D eigenvalue weighted by Gasteiger charge is 2.39. The van der Waals surface area contributed by atoms with Crippen LogP contribution in [-0.4, -0.2) is 23.4 Å². The van der Waals surface area contributed by atoms with E-state index in [1.165, 1.54) is 4.90 Å². The summed E-state index contributed by atoms with van der Waals surface area (Å²) in [5.41, 5.74) is 3.54. The molecule has 1 unspecified atom stereocenters. The molecule has 1 aromatic carbocycles. The minimum Gasteiger partial charge on any atom is -0.319 e. The molecule has 0 bridgehead atoms. The Kier molecular flexibility index (Phi) is 3.08. The molecule has 1 atom stereocenters. The second kappa shape index (κ2) is 4.68. The third-order valence-corrected chi connectivity index (χ3v) is 2.52. The van der Waals surface area contributed by atoms with E-state index in [2.05, 4.69) is 5.43 Å². The number of rotatable bonds is 3. The molecule has 0 aromatic heterocycles. The number of hydrazine groups is 1. The van der Waals surface area contributed by atoms with Gasteiger partial charge in [-0.3, -0.25) is 10.6 Å². The monoisotopic (exact) mass is 228 g/mol. The van der Waals surface area contributed by atoms with Crippen LogP contribution in [0.25, 0.3) is 6.08 Å². The van der Waals surface area contributed by atoms with E-state index in [9.17, 15) is 4.79 Å². The quantitative estimate of drug-likeness (QED) is 0.336. The topological polar surface area (TPSA) is 81.9 Å². The number of nitrogens with one attached hydrogen (secondary N) is 1. The Hall–Kier alpha value is -2.32. The first-order valence-electron chi connectivity index (χ1n) is 5.20. The number of nitrogens with zero attached hydrogens (tertiary/aromatic N) is 2. The maximum atomic E-state index is 11.9. The molecule has 5 nitrogen and oxygen atoms in total. The Labute approximate surface area is 99.1 Å². The van der Waals surface area contributed by atoms with Crippen molar-refractivity contribution in [2.24, 2.45) is 5.84 Å². The summed E-state index contributed by atoms with van der Waals surface area (Å²) >= 11 is 0. The molecular formula is C12H12N4O. The summed E-state index contributed by atoms with van der Waals surface area (Å²) in [6, 6.07) is 11.1. The van der Waals surface area contributed by atoms with Crippen LogP contribution in [0.1, 0.15) is 5.56 Å². The highest BCUT2D eigenvalue weighted by Crippen LogP contribution is 2.19. The summed E-state index contributed by atoms with van der Waals surface area (Å²) in [6.07, 6.45) is 1.66. The van der Waals surface area contributed by atoms with Crippen LogP contribution in [-0.2, 0) is 4.79 Å². The van der Waals surface area contributed by atoms with Gasteiger partial charge < -0.3 is 10.3 Å². The van der Waals surface area contributed by atoms with Gasteiger partial charge in [-0.1, -0.05) is 30.3 Å². The Morgan fingerprint density at radius 1 is 1.53 bits per heavy atom. The molecule has 17 heavy (non-hydrogen) atoms. The highest BCUT2D eigenvalue weighted by atomic mass is 16.2. The third-order valence-electron chi connectivity index (χ3n) is 2.52. The van der Waals surface area contributed by atoms with Gasteiger partial charge in [0.2, 0.25) is 0 Å². The van der Waals surface area contributed by atoms with Crippen LogP contribution in [0.5, 0.6) is 0 Å². The van der Waals surface area contributed by atoms with E-state index in [-0.39, 0.29) is 17.6 Å². The number of benzene rings is 1. The number of carbonyl (C=O) groups excluding carboxylic acids is 1. The van der Waals surface area contributed by atoms with Crippen molar-refractivity contribution < 1.29 is 4.79 Å². The summed E-state index contributed by atoms with van der Waals surface area (Å²) in [7, 11) is 0. The molecule has 1 saturated heterocycles. The number of hydrogen-bond donors (Lipinski definition) is 2. The molecule has 1 fully saturated rings. The largest absolute Gasteiger partial charge is 0.319 e. The van der Waals surface area contributed by atoms with Crippen molar-refractivity contribution in [3.63, 3.8) is 0 Å². The van der Waals surface area contributed by atoms with Crippen LogP contribution in [0.3, 0.4) is 0 Å². The first kappa shape index (κ1) is 11.2. The van der Waals surface area contributed by atoms with E-state index >= 15 is 0 Å². The predicted octanol–water partition coefficient (Wildman–Crippen LogP) is 0.225. The summed E-state index contributed by atoms with van der Waals surface area (Å²) in [5.74, 6) is 5.08. The first-order valence-corrected chi connectivity index (χ1v) is 5.20. The van der Waals surface area contributed by atoms with Gasteiger partial charge in [-0.15, -0.1) is 0 Å². The Balaban J connectivity index is 2.15. The molecule has 1 aliphatic heterocycles. The molecule has 0 aliphatic carbocycles. The van der Waals surface area contributed by atoms with Gasteiger partial charge in [-0.2, -0.15) is 5.26 Å². The predicted molar refractivity (Wildman–Crippen MR) is 62.9 cm³/mol. The summed E-state index contributed by atoms with van der Waals surface area (Å²) in [4.78, 5) is 13.3. The second-order valence-corrected chi connectivity index (χ2v) is 3.72. The van der Waals surface area contributed by atoms with E-state index in [1.807, 2.05) is 36.4 Å². The fourth-order valence-electron chi connectivity index (χ4n) is 1.51. The Morgan fingerprint density at radius 2 is 2.24 bits per heavy atom. The molecule has 1 aromatic rings. The normalized spacial score (nSPS) is 18.5. The summed E-state index contributed by atoms with van der Waals surface area (Å²) in [5, 5.41) is 8.65. The maximum absolute atomic E-state index is 11.9. The minimum atomic E-state index is -0.310. The van der Waals surface area contributed by atoms with Crippen molar-refractivity contribution in [2.75, 3.05) is 6.54 Å². The van der Waals surface area contributed by atoms with E-state index in [4.69, 9.17) is 11.1 Å². The smallest absolute Gasteiger partial charge is 0.272 e. The molecular weight excluding hydrogens is 216 g/mol. The van der Waals surface area contributed by atoms with Crippen LogP contribution >= 0.6 is 0 Å². The fourth-order valence-corrected chi connectivity index (χ4v) is 1.51. The number of hydrogen-bond acceptors (Lipinski definition) is 4. The zero-order valence-corrected chi connectivity index (χ0v) is 9.13. The van der Waals surface area contributed by atoms with Crippen LogP contribution in [0, 0.1) is 11.3 Å². The lowest BCUT2D eigenvalue weighted by atomic mass is 10.2. The van der Waals surface area contributed by atoms with Crippen LogP contribution in [0.4, 0.5) is 0 Å². The molecule has 1 amide bonds. The molecule has 86 valence electrons. The highest BCUT2D eigenvalue weighted by molar-refractivity contribution is 5.99. The number of amides is 1. The lowest BCUT2D eigenvalue weighted by Crippen LogP contribution is -2.30. The van der Waals surface area contributed by atoms with Gasteiger partial charge in [-0.05, 0) is 11.6 Å². The van der Waals surface area contributed by atoms with E-state index in [1.54, 1.807) is 6.08 Å². The Bertz CT molecular complexity index is 489. The van der Waals surface area contributed by atoms with E-state index in [0.717, 1.165) is 5.56 Å². The first-order chi connectivity index (χ1) is 8.26. The zero-order valence-electron chi connectivity index (χ0n) is 9.13. The SMILES string of the molecule is N#CC1CN1C(=O)C(=Cc1ccccc1)NN. The van der Waals surface area contributed by atoms with Crippen LogP contribution in [0.2, 0.25) is 0 Å². The van der Waals surface area contributed by atoms with Crippen molar-refractivity contribution in [3.8, 4) is 6.07 Å². The van der Waals surface area contributed by atoms with Gasteiger partial charge in [0.05, 0.1) is 12.6 Å². The summed E-state index contributed by atoms with van der Waals surface area (Å²) in [6.45, 7) is 0.475. The number of carbonyl (C=O) groups is 1. The van der Waals surface area contributed by atoms with Crippen molar-refractivity contribution in [1.82, 2.24) is 10.3 Å². The molecule has 5 heteroatoms. The van der Waals surface area contributed by atoms with E-state index in [0.29, 0.717) is 6.54 Å². The van der Waals surface area contributed by atoms with Crippen molar-refractivity contribution in [3.05, 3.63) is 41.6 Å². The van der Waals surface area contributed by atoms with Crippen molar-refractivity contribution in [1.29, 1.82) is 5.26 Å². The summed E-state index contributed by atoms with van der Waals surface area (Å²) < 4.78 is 0. The van der Waals surface area contributed by atoms with Crippen LogP contribution in [0.15, 0.2) is 36.0 Å². The zero-order chi connectivity index (χ0) is 12.3. The molecule has 1 heterocycles. The molecule has 3 N–H and O–H groups in total. The van der Waals surface area contributed by atoms with Gasteiger partial charge in [0, 0.05) is 0 Å². The minimum absolute atomic E-state index is 0.247. The fraction of sp³-hybridized carbons (Fsp3) is 0.167. The van der Waals surface area contributed by atoms with Crippen LogP contribution < -0.4 is 11.3 Å². The van der Waals surface area contributed by atoms with Gasteiger partial charge in [0.15, 0.2) is 0 Å². The standard InChI is InChI=1S/C12H12N4O/c13-7-10-8-16(10)12(17)11(15-14)6-9-4-2-1-3-5-9/h1-6,10,15H,8,14H2. The number of nitriles is 1. The maximum Gasteiger partial charge on any atom is 0.272 e. The third kappa shape index (κ3) is 2.44. The van der Waals surface area contributed by atoms with Crippen molar-refractivity contribution in [2.45, 2.75) is 6.04 Å². The lowest BCUT2D eigenvalue weighted by molar-refractivity contribution is -0.122. The van der Waals surface area contributed by atoms with Gasteiger partial charge in [-0.25, -0.2) is 0 Å². The Morgan fingerprint density at radius 3 is 2.76 bits per heavy atom. The average Bonchev–Trinajstić information content (AvgIpc) is 3.16. The molecule has 0 spiro atoms. The molecule has 1 aliphatic rings. The molecule has 0 radical (unpaired) electrons. The number of nitrogens with two attached hydrogens (primary N) is 1.